The first-order valence-electron chi connectivity index (χ1n) is 6.44. The smallest absolute Gasteiger partial charge is 0.0624 e. The molecule has 2 aromatic carbocycles. The molecule has 0 aromatic heterocycles. The second-order valence-corrected chi connectivity index (χ2v) is 6.42. The summed E-state index contributed by atoms with van der Waals surface area (Å²) in [5.41, 5.74) is 2.38. The van der Waals surface area contributed by atoms with Gasteiger partial charge in [0.1, 0.15) is 0 Å². The van der Waals surface area contributed by atoms with E-state index in [2.05, 4.69) is 45.5 Å². The van der Waals surface area contributed by atoms with Crippen LogP contribution in [0, 0.1) is 0 Å². The third kappa shape index (κ3) is 3.98. The number of halogens is 3. The fourth-order valence-electron chi connectivity index (χ4n) is 2.26. The van der Waals surface area contributed by atoms with Crippen molar-refractivity contribution in [1.29, 1.82) is 0 Å². The molecule has 0 aliphatic rings. The maximum Gasteiger partial charge on any atom is 0.0624 e. The second-order valence-electron chi connectivity index (χ2n) is 4.72. The molecule has 20 heavy (non-hydrogen) atoms. The summed E-state index contributed by atoms with van der Waals surface area (Å²) < 4.78 is 1.09. The highest BCUT2D eigenvalue weighted by atomic mass is 79.9. The van der Waals surface area contributed by atoms with Crippen molar-refractivity contribution >= 4 is 39.1 Å². The van der Waals surface area contributed by atoms with Gasteiger partial charge in [-0.15, -0.1) is 0 Å². The Labute approximate surface area is 138 Å². The van der Waals surface area contributed by atoms with Crippen LogP contribution in [0.3, 0.4) is 0 Å². The van der Waals surface area contributed by atoms with Crippen molar-refractivity contribution in [1.82, 2.24) is 5.32 Å². The molecular weight excluding hydrogens is 357 g/mol. The van der Waals surface area contributed by atoms with Crippen LogP contribution < -0.4 is 5.32 Å². The highest BCUT2D eigenvalue weighted by molar-refractivity contribution is 9.10. The summed E-state index contributed by atoms with van der Waals surface area (Å²) in [5, 5.41) is 4.52. The highest BCUT2D eigenvalue weighted by Gasteiger charge is 2.14. The van der Waals surface area contributed by atoms with E-state index in [1.54, 1.807) is 0 Å². The van der Waals surface area contributed by atoms with Crippen LogP contribution in [0.1, 0.15) is 17.0 Å². The summed E-state index contributed by atoms with van der Waals surface area (Å²) in [4.78, 5) is 0. The molecule has 1 atom stereocenters. The van der Waals surface area contributed by atoms with Gasteiger partial charge in [-0.2, -0.15) is 0 Å². The number of likely N-dealkylation sites (N-methyl/N-ethyl adjacent to an activating group) is 1. The molecule has 0 radical (unpaired) electrons. The van der Waals surface area contributed by atoms with Gasteiger partial charge in [0.05, 0.1) is 10.0 Å². The zero-order valence-electron chi connectivity index (χ0n) is 11.2. The molecule has 1 nitrogen and oxygen atoms in total. The lowest BCUT2D eigenvalue weighted by Gasteiger charge is -2.18. The van der Waals surface area contributed by atoms with Gasteiger partial charge >= 0.3 is 0 Å². The maximum atomic E-state index is 6.29. The molecule has 0 spiro atoms. The van der Waals surface area contributed by atoms with Gasteiger partial charge in [0.25, 0.3) is 0 Å². The molecular formula is C16H16BrCl2N. The Balaban J connectivity index is 2.25. The van der Waals surface area contributed by atoms with E-state index >= 15 is 0 Å². The van der Waals surface area contributed by atoms with Crippen molar-refractivity contribution in [3.63, 3.8) is 0 Å². The standard InChI is InChI=1S/C16H16BrCl2N/c1-20-10-13(11-5-7-14(17)8-6-11)9-12-3-2-4-15(18)16(12)19/h2-8,13,20H,9-10H2,1H3. The second kappa shape index (κ2) is 7.46. The molecule has 0 heterocycles. The lowest BCUT2D eigenvalue weighted by atomic mass is 9.92. The summed E-state index contributed by atoms with van der Waals surface area (Å²) >= 11 is 15.8. The summed E-state index contributed by atoms with van der Waals surface area (Å²) in [7, 11) is 1.96. The number of benzene rings is 2. The van der Waals surface area contributed by atoms with E-state index in [1.807, 2.05) is 25.2 Å². The van der Waals surface area contributed by atoms with Gasteiger partial charge in [-0.05, 0) is 42.8 Å². The minimum atomic E-state index is 0.365. The lowest BCUT2D eigenvalue weighted by Crippen LogP contribution is -2.19. The van der Waals surface area contributed by atoms with E-state index in [4.69, 9.17) is 23.2 Å². The van der Waals surface area contributed by atoms with E-state index in [0.717, 1.165) is 23.0 Å². The van der Waals surface area contributed by atoms with Crippen LogP contribution in [0.2, 0.25) is 10.0 Å². The molecule has 106 valence electrons. The molecule has 0 saturated heterocycles. The van der Waals surface area contributed by atoms with Gasteiger partial charge in [-0.25, -0.2) is 0 Å². The molecule has 0 amide bonds. The van der Waals surface area contributed by atoms with Crippen LogP contribution in [0.25, 0.3) is 0 Å². The van der Waals surface area contributed by atoms with E-state index in [9.17, 15) is 0 Å². The molecule has 0 aliphatic heterocycles. The Morgan fingerprint density at radius 3 is 2.45 bits per heavy atom. The van der Waals surface area contributed by atoms with Crippen LogP contribution >= 0.6 is 39.1 Å². The molecule has 0 bridgehead atoms. The average Bonchev–Trinajstić information content (AvgIpc) is 2.44. The van der Waals surface area contributed by atoms with Crippen LogP contribution in [0.4, 0.5) is 0 Å². The Bertz CT molecular complexity index is 569. The quantitative estimate of drug-likeness (QED) is 0.750. The van der Waals surface area contributed by atoms with Gasteiger partial charge in [-0.1, -0.05) is 63.4 Å². The molecule has 1 N–H and O–H groups in total. The lowest BCUT2D eigenvalue weighted by molar-refractivity contribution is 0.626. The van der Waals surface area contributed by atoms with E-state index in [-0.39, 0.29) is 0 Å². The van der Waals surface area contributed by atoms with Crippen molar-refractivity contribution in [2.45, 2.75) is 12.3 Å². The van der Waals surface area contributed by atoms with Gasteiger partial charge in [0.2, 0.25) is 0 Å². The first-order chi connectivity index (χ1) is 9.61. The molecule has 2 aromatic rings. The van der Waals surface area contributed by atoms with Gasteiger partial charge in [0.15, 0.2) is 0 Å². The predicted octanol–water partition coefficient (Wildman–Crippen LogP) is 5.30. The average molecular weight is 373 g/mol. The normalized spacial score (nSPS) is 12.4. The molecule has 0 aliphatic carbocycles. The van der Waals surface area contributed by atoms with Crippen molar-refractivity contribution in [3.05, 3.63) is 68.1 Å². The largest absolute Gasteiger partial charge is 0.319 e. The van der Waals surface area contributed by atoms with Crippen LogP contribution in [-0.2, 0) is 6.42 Å². The fourth-order valence-corrected chi connectivity index (χ4v) is 2.92. The van der Waals surface area contributed by atoms with Gasteiger partial charge in [0, 0.05) is 16.9 Å². The first-order valence-corrected chi connectivity index (χ1v) is 7.99. The zero-order valence-corrected chi connectivity index (χ0v) is 14.3. The third-order valence-electron chi connectivity index (χ3n) is 3.29. The summed E-state index contributed by atoms with van der Waals surface area (Å²) in [6.07, 6.45) is 0.863. The van der Waals surface area contributed by atoms with E-state index in [1.165, 1.54) is 5.56 Å². The minimum absolute atomic E-state index is 0.365. The summed E-state index contributed by atoms with van der Waals surface area (Å²) in [6, 6.07) is 14.2. The van der Waals surface area contributed by atoms with Gasteiger partial charge in [-0.3, -0.25) is 0 Å². The monoisotopic (exact) mass is 371 g/mol. The molecule has 2 rings (SSSR count). The van der Waals surface area contributed by atoms with Gasteiger partial charge < -0.3 is 5.32 Å². The number of hydrogen-bond acceptors (Lipinski definition) is 1. The Morgan fingerprint density at radius 1 is 1.10 bits per heavy atom. The number of nitrogens with one attached hydrogen (secondary N) is 1. The van der Waals surface area contributed by atoms with Crippen molar-refractivity contribution < 1.29 is 0 Å². The van der Waals surface area contributed by atoms with E-state index in [0.29, 0.717) is 16.0 Å². The van der Waals surface area contributed by atoms with Crippen molar-refractivity contribution in [2.24, 2.45) is 0 Å². The molecule has 1 unspecified atom stereocenters. The number of rotatable bonds is 5. The summed E-state index contributed by atoms with van der Waals surface area (Å²) in [5.74, 6) is 0.365. The topological polar surface area (TPSA) is 12.0 Å². The third-order valence-corrected chi connectivity index (χ3v) is 4.68. The van der Waals surface area contributed by atoms with Crippen molar-refractivity contribution in [3.8, 4) is 0 Å². The van der Waals surface area contributed by atoms with Crippen LogP contribution in [0.5, 0.6) is 0 Å². The SMILES string of the molecule is CNCC(Cc1cccc(Cl)c1Cl)c1ccc(Br)cc1. The molecule has 0 fully saturated rings. The summed E-state index contributed by atoms with van der Waals surface area (Å²) in [6.45, 7) is 0.893. The van der Waals surface area contributed by atoms with Crippen LogP contribution in [0.15, 0.2) is 46.9 Å². The maximum absolute atomic E-state index is 6.29. The molecule has 0 saturated carbocycles. The number of hydrogen-bond donors (Lipinski definition) is 1. The highest BCUT2D eigenvalue weighted by Crippen LogP contribution is 2.30. The van der Waals surface area contributed by atoms with Crippen LogP contribution in [-0.4, -0.2) is 13.6 Å². The Kier molecular flexibility index (Phi) is 5.91. The van der Waals surface area contributed by atoms with E-state index < -0.39 is 0 Å². The first kappa shape index (κ1) is 15.8. The Hall–Kier alpha value is -0.540. The minimum Gasteiger partial charge on any atom is -0.319 e. The Morgan fingerprint density at radius 2 is 1.80 bits per heavy atom. The predicted molar refractivity (Wildman–Crippen MR) is 91.0 cm³/mol. The zero-order chi connectivity index (χ0) is 14.5. The molecule has 4 heteroatoms. The fraction of sp³-hybridized carbons (Fsp3) is 0.250. The van der Waals surface area contributed by atoms with Crippen molar-refractivity contribution in [2.75, 3.05) is 13.6 Å².